The summed E-state index contributed by atoms with van der Waals surface area (Å²) in [5.74, 6) is 0. The fraction of sp³-hybridized carbons (Fsp3) is 0.400. The molecule has 1 heteroatoms. The van der Waals surface area contributed by atoms with Crippen LogP contribution in [-0.4, -0.2) is 6.04 Å². The highest BCUT2D eigenvalue weighted by Crippen LogP contribution is 2.30. The van der Waals surface area contributed by atoms with Crippen LogP contribution >= 0.6 is 0 Å². The summed E-state index contributed by atoms with van der Waals surface area (Å²) in [6, 6.07) is 11.9. The molecule has 0 fully saturated rings. The predicted octanol–water partition coefficient (Wildman–Crippen LogP) is 5.09. The zero-order chi connectivity index (χ0) is 15.6. The number of benzene rings is 2. The Bertz CT molecular complexity index is 639. The number of nitrogens with one attached hydrogen (secondary N) is 1. The summed E-state index contributed by atoms with van der Waals surface area (Å²) >= 11 is 0. The van der Waals surface area contributed by atoms with Crippen molar-refractivity contribution in [3.63, 3.8) is 0 Å². The lowest BCUT2D eigenvalue weighted by Gasteiger charge is -2.15. The van der Waals surface area contributed by atoms with Gasteiger partial charge in [0.15, 0.2) is 0 Å². The van der Waals surface area contributed by atoms with Crippen molar-refractivity contribution in [3.8, 4) is 11.1 Å². The van der Waals surface area contributed by atoms with E-state index in [4.69, 9.17) is 0 Å². The molecule has 0 saturated heterocycles. The van der Waals surface area contributed by atoms with Crippen LogP contribution in [0.3, 0.4) is 0 Å². The summed E-state index contributed by atoms with van der Waals surface area (Å²) in [4.78, 5) is 0. The number of aryl methyl sites for hydroxylation is 4. The topological polar surface area (TPSA) is 12.0 Å². The summed E-state index contributed by atoms with van der Waals surface area (Å²) in [6.45, 7) is 14.1. The molecular weight excluding hydrogens is 254 g/mol. The number of hydrogen-bond donors (Lipinski definition) is 1. The van der Waals surface area contributed by atoms with Crippen LogP contribution in [0, 0.1) is 27.7 Å². The Morgan fingerprint density at radius 2 is 1.38 bits per heavy atom. The highest BCUT2D eigenvalue weighted by atomic mass is 14.9. The molecule has 1 N–H and O–H groups in total. The minimum absolute atomic E-state index is 0.512. The van der Waals surface area contributed by atoms with Gasteiger partial charge in [0.2, 0.25) is 0 Å². The van der Waals surface area contributed by atoms with Crippen LogP contribution in [0.1, 0.15) is 41.7 Å². The van der Waals surface area contributed by atoms with E-state index in [-0.39, 0.29) is 0 Å². The second kappa shape index (κ2) is 6.44. The quantitative estimate of drug-likeness (QED) is 0.823. The minimum Gasteiger partial charge on any atom is -0.310 e. The van der Waals surface area contributed by atoms with Crippen molar-refractivity contribution >= 4 is 0 Å². The van der Waals surface area contributed by atoms with E-state index >= 15 is 0 Å². The number of hydrogen-bond acceptors (Lipinski definition) is 1. The van der Waals surface area contributed by atoms with Crippen molar-refractivity contribution in [2.75, 3.05) is 0 Å². The molecular formula is C20H27N. The van der Waals surface area contributed by atoms with Gasteiger partial charge in [0.05, 0.1) is 0 Å². The van der Waals surface area contributed by atoms with Crippen molar-refractivity contribution in [1.82, 2.24) is 5.32 Å². The Morgan fingerprint density at radius 1 is 0.762 bits per heavy atom. The van der Waals surface area contributed by atoms with E-state index in [0.717, 1.165) is 6.54 Å². The summed E-state index contributed by atoms with van der Waals surface area (Å²) in [5, 5.41) is 3.50. The van der Waals surface area contributed by atoms with Gasteiger partial charge < -0.3 is 5.32 Å². The fourth-order valence-electron chi connectivity index (χ4n) is 2.64. The van der Waals surface area contributed by atoms with Crippen molar-refractivity contribution in [2.24, 2.45) is 0 Å². The van der Waals surface area contributed by atoms with Gasteiger partial charge >= 0.3 is 0 Å². The molecule has 0 unspecified atom stereocenters. The van der Waals surface area contributed by atoms with Crippen LogP contribution in [-0.2, 0) is 6.54 Å². The third-order valence-corrected chi connectivity index (χ3v) is 4.15. The van der Waals surface area contributed by atoms with E-state index in [1.165, 1.54) is 38.9 Å². The van der Waals surface area contributed by atoms with Gasteiger partial charge in [-0.1, -0.05) is 38.1 Å². The Balaban J connectivity index is 2.43. The van der Waals surface area contributed by atoms with Crippen LogP contribution in [0.15, 0.2) is 30.3 Å². The highest BCUT2D eigenvalue weighted by Gasteiger charge is 2.08. The zero-order valence-electron chi connectivity index (χ0n) is 14.2. The second-order valence-electron chi connectivity index (χ2n) is 6.44. The lowest BCUT2D eigenvalue weighted by Crippen LogP contribution is -2.21. The first-order valence-corrected chi connectivity index (χ1v) is 7.79. The molecule has 0 amide bonds. The molecule has 2 aromatic rings. The van der Waals surface area contributed by atoms with E-state index in [9.17, 15) is 0 Å². The van der Waals surface area contributed by atoms with Gasteiger partial charge in [-0.05, 0) is 72.7 Å². The minimum atomic E-state index is 0.512. The van der Waals surface area contributed by atoms with Crippen molar-refractivity contribution in [1.29, 1.82) is 0 Å². The van der Waals surface area contributed by atoms with Gasteiger partial charge in [-0.3, -0.25) is 0 Å². The van der Waals surface area contributed by atoms with Crippen molar-refractivity contribution in [3.05, 3.63) is 58.1 Å². The van der Waals surface area contributed by atoms with E-state index < -0.39 is 0 Å². The lowest BCUT2D eigenvalue weighted by molar-refractivity contribution is 0.589. The van der Waals surface area contributed by atoms with Crippen molar-refractivity contribution in [2.45, 2.75) is 54.1 Å². The lowest BCUT2D eigenvalue weighted by atomic mass is 9.92. The van der Waals surface area contributed by atoms with Crippen LogP contribution in [0.2, 0.25) is 0 Å². The van der Waals surface area contributed by atoms with Crippen molar-refractivity contribution < 1.29 is 0 Å². The van der Waals surface area contributed by atoms with Crippen LogP contribution in [0.4, 0.5) is 0 Å². The second-order valence-corrected chi connectivity index (χ2v) is 6.44. The Kier molecular flexibility index (Phi) is 4.84. The molecule has 0 aliphatic heterocycles. The highest BCUT2D eigenvalue weighted by molar-refractivity contribution is 5.72. The Morgan fingerprint density at radius 3 is 2.05 bits per heavy atom. The normalized spacial score (nSPS) is 11.2. The summed E-state index contributed by atoms with van der Waals surface area (Å²) < 4.78 is 0. The van der Waals surface area contributed by atoms with Crippen LogP contribution in [0.5, 0.6) is 0 Å². The molecule has 0 radical (unpaired) electrons. The molecule has 112 valence electrons. The summed E-state index contributed by atoms with van der Waals surface area (Å²) in [6.07, 6.45) is 0. The average Bonchev–Trinajstić information content (AvgIpc) is 2.42. The molecule has 2 rings (SSSR count). The van der Waals surface area contributed by atoms with E-state index in [1.54, 1.807) is 0 Å². The first kappa shape index (κ1) is 15.8. The van der Waals surface area contributed by atoms with Gasteiger partial charge in [-0.2, -0.15) is 0 Å². The number of rotatable bonds is 4. The third-order valence-electron chi connectivity index (χ3n) is 4.15. The monoisotopic (exact) mass is 281 g/mol. The summed E-state index contributed by atoms with van der Waals surface area (Å²) in [7, 11) is 0. The summed E-state index contributed by atoms with van der Waals surface area (Å²) in [5.41, 5.74) is 9.50. The van der Waals surface area contributed by atoms with Gasteiger partial charge in [0, 0.05) is 12.6 Å². The van der Waals surface area contributed by atoms with Gasteiger partial charge in [-0.15, -0.1) is 0 Å². The molecule has 0 heterocycles. The maximum atomic E-state index is 3.50. The Hall–Kier alpha value is -1.60. The van der Waals surface area contributed by atoms with Crippen LogP contribution < -0.4 is 5.32 Å². The van der Waals surface area contributed by atoms with E-state index in [0.29, 0.717) is 6.04 Å². The molecule has 0 atom stereocenters. The molecule has 0 saturated carbocycles. The molecule has 0 bridgehead atoms. The molecule has 21 heavy (non-hydrogen) atoms. The molecule has 0 aromatic heterocycles. The first-order valence-electron chi connectivity index (χ1n) is 7.79. The van der Waals surface area contributed by atoms with Crippen LogP contribution in [0.25, 0.3) is 11.1 Å². The molecule has 2 aromatic carbocycles. The van der Waals surface area contributed by atoms with Gasteiger partial charge in [0.25, 0.3) is 0 Å². The van der Waals surface area contributed by atoms with Gasteiger partial charge in [-0.25, -0.2) is 0 Å². The molecule has 1 nitrogen and oxygen atoms in total. The largest absolute Gasteiger partial charge is 0.310 e. The molecule has 0 spiro atoms. The third kappa shape index (κ3) is 3.74. The van der Waals surface area contributed by atoms with E-state index in [1.807, 2.05) is 0 Å². The standard InChI is InChI=1S/C20H27N/c1-13(2)21-12-18-8-7-14(3)20(11-18)19-10-16(5)15(4)9-17(19)6/h7-11,13,21H,12H2,1-6H3. The SMILES string of the molecule is Cc1cc(C)c(-c2cc(CNC(C)C)ccc2C)cc1C. The zero-order valence-corrected chi connectivity index (χ0v) is 14.2. The Labute approximate surface area is 129 Å². The maximum absolute atomic E-state index is 3.50. The predicted molar refractivity (Wildman–Crippen MR) is 92.8 cm³/mol. The molecule has 0 aliphatic carbocycles. The maximum Gasteiger partial charge on any atom is 0.0208 e. The average molecular weight is 281 g/mol. The fourth-order valence-corrected chi connectivity index (χ4v) is 2.64. The van der Waals surface area contributed by atoms with E-state index in [2.05, 4.69) is 77.2 Å². The smallest absolute Gasteiger partial charge is 0.0208 e. The molecule has 0 aliphatic rings. The van der Waals surface area contributed by atoms with Gasteiger partial charge in [0.1, 0.15) is 0 Å². The first-order chi connectivity index (χ1) is 9.88.